The Labute approximate surface area is 345 Å². The molecule has 1 saturated heterocycles. The van der Waals surface area contributed by atoms with E-state index in [-0.39, 0.29) is 37.3 Å². The smallest absolute Gasteiger partial charge is 0.306 e. The van der Waals surface area contributed by atoms with Crippen molar-refractivity contribution in [2.45, 2.75) is 148 Å². The number of halogens is 2. The zero-order valence-electron chi connectivity index (χ0n) is 34.9. The van der Waals surface area contributed by atoms with Gasteiger partial charge in [0.1, 0.15) is 29.4 Å². The van der Waals surface area contributed by atoms with Gasteiger partial charge in [-0.25, -0.2) is 27.2 Å². The van der Waals surface area contributed by atoms with Crippen LogP contribution in [0.1, 0.15) is 117 Å². The SMILES string of the molecule is CC[C@@H]1[C@@H]2CN(C(=O)[C@H](C(C)(C)C)CC(=O)O[C@@H]3CCC[C@H]3CCCCCc3nc4ccc(OC)cc4nc3O2)[C@@H]1C(=O)C[C@]1(C(=O)CS(=O)(=O)C2CC2)C[C@H]1C(F)F. The van der Waals surface area contributed by atoms with Gasteiger partial charge >= 0.3 is 5.97 Å². The molecule has 1 aromatic carbocycles. The molecule has 1 amide bonds. The topological polar surface area (TPSA) is 159 Å². The van der Waals surface area contributed by atoms with E-state index in [0.29, 0.717) is 48.2 Å². The number of ketones is 2. The van der Waals surface area contributed by atoms with Gasteiger partial charge in [-0.1, -0.05) is 40.5 Å². The van der Waals surface area contributed by atoms with E-state index in [2.05, 4.69) is 0 Å². The summed E-state index contributed by atoms with van der Waals surface area (Å²) in [7, 11) is -2.29. The third-order valence-corrected chi connectivity index (χ3v) is 15.9. The number of aryl methyl sites for hydroxylation is 1. The van der Waals surface area contributed by atoms with Crippen molar-refractivity contribution >= 4 is 44.3 Å². The van der Waals surface area contributed by atoms with Crippen LogP contribution in [0, 0.1) is 34.5 Å². The van der Waals surface area contributed by atoms with E-state index in [9.17, 15) is 31.6 Å². The molecule has 4 fully saturated rings. The van der Waals surface area contributed by atoms with E-state index < -0.39 is 97.9 Å². The Morgan fingerprint density at radius 2 is 1.73 bits per heavy atom. The monoisotopic (exact) mass is 843 g/mol. The molecular formula is C44H59F2N3O9S. The van der Waals surface area contributed by atoms with Crippen LogP contribution in [0.15, 0.2) is 18.2 Å². The highest BCUT2D eigenvalue weighted by Gasteiger charge is 2.66. The fraction of sp³-hybridized carbons (Fsp3) is 0.727. The normalized spacial score (nSPS) is 30.8. The maximum Gasteiger partial charge on any atom is 0.306 e. The quantitative estimate of drug-likeness (QED) is 0.230. The fourth-order valence-corrected chi connectivity index (χ4v) is 11.7. The van der Waals surface area contributed by atoms with Crippen molar-refractivity contribution in [1.29, 1.82) is 0 Å². The fourth-order valence-electron chi connectivity index (χ4n) is 9.99. The Bertz CT molecular complexity index is 2050. The number of carbonyl (C=O) groups is 4. The van der Waals surface area contributed by atoms with Gasteiger partial charge in [0.15, 0.2) is 21.4 Å². The molecule has 3 heterocycles. The van der Waals surface area contributed by atoms with Crippen molar-refractivity contribution < 1.29 is 50.6 Å². The molecule has 2 aromatic rings. The summed E-state index contributed by atoms with van der Waals surface area (Å²) in [5.74, 6) is -5.33. The van der Waals surface area contributed by atoms with Crippen LogP contribution in [0.3, 0.4) is 0 Å². The number of carbonyl (C=O) groups excluding carboxylic acids is 4. The van der Waals surface area contributed by atoms with Crippen LogP contribution in [0.25, 0.3) is 11.0 Å². The first-order valence-corrected chi connectivity index (χ1v) is 23.2. The number of ether oxygens (including phenoxy) is 3. The van der Waals surface area contributed by atoms with Crippen LogP contribution >= 0.6 is 0 Å². The zero-order valence-corrected chi connectivity index (χ0v) is 35.7. The van der Waals surface area contributed by atoms with E-state index in [0.717, 1.165) is 44.9 Å². The number of esters is 1. The summed E-state index contributed by atoms with van der Waals surface area (Å²) in [4.78, 5) is 68.7. The minimum absolute atomic E-state index is 0.0768. The Morgan fingerprint density at radius 1 is 0.983 bits per heavy atom. The minimum Gasteiger partial charge on any atom is -0.497 e. The maximum absolute atomic E-state index is 15.0. The lowest BCUT2D eigenvalue weighted by Gasteiger charge is -2.36. The number of aromatic nitrogens is 2. The number of alkyl halides is 2. The van der Waals surface area contributed by atoms with Crippen molar-refractivity contribution in [3.05, 3.63) is 23.9 Å². The highest BCUT2D eigenvalue weighted by Crippen LogP contribution is 2.60. The molecule has 1 aromatic heterocycles. The average molecular weight is 844 g/mol. The van der Waals surface area contributed by atoms with Crippen molar-refractivity contribution in [3.63, 3.8) is 0 Å². The summed E-state index contributed by atoms with van der Waals surface area (Å²) in [6.07, 6.45) is 2.78. The second-order valence-corrected chi connectivity index (χ2v) is 21.1. The van der Waals surface area contributed by atoms with Gasteiger partial charge in [-0.2, -0.15) is 0 Å². The Morgan fingerprint density at radius 3 is 2.39 bits per heavy atom. The molecule has 2 bridgehead atoms. The predicted octanol–water partition coefficient (Wildman–Crippen LogP) is 6.88. The molecule has 0 spiro atoms. The summed E-state index contributed by atoms with van der Waals surface area (Å²) in [6, 6.07) is 4.19. The first kappa shape index (κ1) is 43.3. The number of fused-ring (bicyclic) bond motifs is 5. The van der Waals surface area contributed by atoms with Gasteiger partial charge in [0.2, 0.25) is 18.2 Å². The van der Waals surface area contributed by atoms with Crippen LogP contribution in [-0.2, 0) is 40.2 Å². The predicted molar refractivity (Wildman–Crippen MR) is 215 cm³/mol. The molecule has 7 rings (SSSR count). The number of Topliss-reactive ketones (excluding diaryl/α,β-unsaturated/α-hetero) is 2. The summed E-state index contributed by atoms with van der Waals surface area (Å²) >= 11 is 0. The van der Waals surface area contributed by atoms with Crippen molar-refractivity contribution in [2.75, 3.05) is 19.4 Å². The number of nitrogens with zero attached hydrogens (tertiary/aromatic N) is 3. The molecule has 59 heavy (non-hydrogen) atoms. The summed E-state index contributed by atoms with van der Waals surface area (Å²) in [5.41, 5.74) is -0.803. The van der Waals surface area contributed by atoms with Gasteiger partial charge in [0, 0.05) is 29.7 Å². The molecule has 12 nitrogen and oxygen atoms in total. The first-order chi connectivity index (χ1) is 27.9. The molecule has 324 valence electrons. The molecular weight excluding hydrogens is 785 g/mol. The number of rotatable bonds is 10. The highest BCUT2D eigenvalue weighted by atomic mass is 32.2. The average Bonchev–Trinajstić information content (AvgIpc) is 4.09. The summed E-state index contributed by atoms with van der Waals surface area (Å²) in [6.45, 7) is 7.32. The van der Waals surface area contributed by atoms with E-state index in [4.69, 9.17) is 24.2 Å². The molecule has 15 heteroatoms. The lowest BCUT2D eigenvalue weighted by Crippen LogP contribution is -2.49. The molecule has 3 aliphatic carbocycles. The summed E-state index contributed by atoms with van der Waals surface area (Å²) in [5, 5.41) is -0.670. The number of hydrogen-bond donors (Lipinski definition) is 0. The number of benzene rings is 1. The lowest BCUT2D eigenvalue weighted by molar-refractivity contribution is -0.158. The third-order valence-electron chi connectivity index (χ3n) is 13.8. The lowest BCUT2D eigenvalue weighted by atomic mass is 9.77. The summed E-state index contributed by atoms with van der Waals surface area (Å²) < 4.78 is 73.0. The van der Waals surface area contributed by atoms with Gasteiger partial charge < -0.3 is 19.1 Å². The molecule has 8 atom stereocenters. The zero-order chi connectivity index (χ0) is 42.4. The number of amides is 1. The third kappa shape index (κ3) is 9.15. The Balaban J connectivity index is 1.28. The Kier molecular flexibility index (Phi) is 12.5. The van der Waals surface area contributed by atoms with Gasteiger partial charge in [-0.15, -0.1) is 0 Å². The van der Waals surface area contributed by atoms with Crippen LogP contribution in [0.4, 0.5) is 8.78 Å². The second kappa shape index (κ2) is 17.0. The van der Waals surface area contributed by atoms with Crippen molar-refractivity contribution in [1.82, 2.24) is 14.9 Å². The van der Waals surface area contributed by atoms with E-state index in [1.807, 2.05) is 39.8 Å². The molecule has 0 N–H and O–H groups in total. The molecule has 3 saturated carbocycles. The number of sulfone groups is 1. The van der Waals surface area contributed by atoms with Gasteiger partial charge in [-0.3, -0.25) is 19.2 Å². The van der Waals surface area contributed by atoms with Gasteiger partial charge in [-0.05, 0) is 87.7 Å². The van der Waals surface area contributed by atoms with Crippen LogP contribution in [-0.4, -0.2) is 96.1 Å². The van der Waals surface area contributed by atoms with Crippen LogP contribution in [0.5, 0.6) is 11.6 Å². The van der Waals surface area contributed by atoms with Crippen LogP contribution in [0.2, 0.25) is 0 Å². The van der Waals surface area contributed by atoms with Crippen molar-refractivity contribution in [3.8, 4) is 11.6 Å². The first-order valence-electron chi connectivity index (χ1n) is 21.5. The maximum atomic E-state index is 15.0. The minimum atomic E-state index is -3.85. The molecule has 2 aliphatic heterocycles. The van der Waals surface area contributed by atoms with E-state index in [1.165, 1.54) is 4.90 Å². The van der Waals surface area contributed by atoms with Gasteiger partial charge in [0.25, 0.3) is 0 Å². The molecule has 5 aliphatic rings. The standard InChI is InChI=1S/C44H59F2N3O9S/c1-6-28-36-23-49(39(28)34(50)22-44(21-30(44)40(45)46)37(51)24-59(54,55)27-16-17-27)42(53)29(43(2,3)4)20-38(52)57-35-14-10-12-25(35)11-8-7-9-13-32-41(58-36)48-33-19-26(56-5)15-18-31(33)47-32/h15,18-19,25,27-30,35-36,39-40H,6-14,16-17,20-24H2,1-5H3/t25-,28-,29-,30+,35-,36+,39+,44-/m1/s1. The largest absolute Gasteiger partial charge is 0.497 e. The number of methoxy groups -OCH3 is 1. The number of hydrogen-bond acceptors (Lipinski definition) is 11. The highest BCUT2D eigenvalue weighted by molar-refractivity contribution is 7.93. The van der Waals surface area contributed by atoms with E-state index >= 15 is 4.79 Å². The molecule has 0 radical (unpaired) electrons. The molecule has 0 unspecified atom stereocenters. The second-order valence-electron chi connectivity index (χ2n) is 18.8. The van der Waals surface area contributed by atoms with Gasteiger partial charge in [0.05, 0.1) is 48.3 Å². The Hall–Kier alpha value is -3.75. The van der Waals surface area contributed by atoms with E-state index in [1.54, 1.807) is 13.2 Å². The van der Waals surface area contributed by atoms with Crippen LogP contribution < -0.4 is 9.47 Å². The van der Waals surface area contributed by atoms with Crippen molar-refractivity contribution in [2.24, 2.45) is 34.5 Å².